The number of benzene rings is 2. The Hall–Kier alpha value is -2.42. The zero-order valence-corrected chi connectivity index (χ0v) is 18.3. The van der Waals surface area contributed by atoms with Crippen molar-refractivity contribution in [2.45, 2.75) is 12.8 Å². The van der Waals surface area contributed by atoms with Gasteiger partial charge in [0.25, 0.3) is 0 Å². The third kappa shape index (κ3) is 5.79. The Morgan fingerprint density at radius 2 is 1.79 bits per heavy atom. The smallest absolute Gasteiger partial charge is 0.231 e. The molecule has 0 saturated heterocycles. The molecule has 6 nitrogen and oxygen atoms in total. The van der Waals surface area contributed by atoms with Crippen LogP contribution in [0.3, 0.4) is 0 Å². The number of amides is 1. The Kier molecular flexibility index (Phi) is 6.56. The minimum absolute atomic E-state index is 0.106. The van der Waals surface area contributed by atoms with Gasteiger partial charge in [0.05, 0.1) is 17.6 Å². The van der Waals surface area contributed by atoms with Gasteiger partial charge in [-0.1, -0.05) is 35.9 Å². The van der Waals surface area contributed by atoms with Crippen molar-refractivity contribution in [3.05, 3.63) is 64.5 Å². The van der Waals surface area contributed by atoms with Gasteiger partial charge in [-0.05, 0) is 36.2 Å². The third-order valence-electron chi connectivity index (χ3n) is 4.33. The first-order chi connectivity index (χ1) is 13.7. The molecule has 0 aliphatic carbocycles. The average Bonchev–Trinajstić information content (AvgIpc) is 3.15. The number of hydrogen-bond donors (Lipinski definition) is 1. The van der Waals surface area contributed by atoms with Crippen molar-refractivity contribution in [2.75, 3.05) is 22.9 Å². The van der Waals surface area contributed by atoms with Crippen molar-refractivity contribution in [1.82, 2.24) is 4.98 Å². The number of sulfonamides is 1. The van der Waals surface area contributed by atoms with E-state index in [4.69, 9.17) is 11.6 Å². The van der Waals surface area contributed by atoms with Crippen LogP contribution in [0.5, 0.6) is 0 Å². The first-order valence-corrected chi connectivity index (χ1v) is 11.9. The molecule has 152 valence electrons. The predicted octanol–water partition coefficient (Wildman–Crippen LogP) is 4.43. The molecular weight excluding hydrogens is 430 g/mol. The zero-order chi connectivity index (χ0) is 21.0. The van der Waals surface area contributed by atoms with Gasteiger partial charge >= 0.3 is 0 Å². The Labute approximate surface area is 179 Å². The Morgan fingerprint density at radius 1 is 1.14 bits per heavy atom. The van der Waals surface area contributed by atoms with E-state index in [1.165, 1.54) is 22.7 Å². The summed E-state index contributed by atoms with van der Waals surface area (Å²) in [4.78, 5) is 16.6. The van der Waals surface area contributed by atoms with Gasteiger partial charge in [0.1, 0.15) is 0 Å². The molecule has 0 spiro atoms. The molecule has 1 amide bonds. The second-order valence-electron chi connectivity index (χ2n) is 6.49. The Balaban J connectivity index is 1.60. The molecule has 9 heteroatoms. The van der Waals surface area contributed by atoms with E-state index < -0.39 is 10.0 Å². The summed E-state index contributed by atoms with van der Waals surface area (Å²) >= 11 is 7.21. The molecule has 0 atom stereocenters. The minimum Gasteiger partial charge on any atom is -0.302 e. The number of thiazole rings is 1. The number of anilines is 2. The van der Waals surface area contributed by atoms with E-state index in [-0.39, 0.29) is 5.91 Å². The van der Waals surface area contributed by atoms with Gasteiger partial charge in [-0.25, -0.2) is 13.4 Å². The number of rotatable bonds is 7. The van der Waals surface area contributed by atoms with Crippen LogP contribution in [0.1, 0.15) is 12.0 Å². The highest BCUT2D eigenvalue weighted by Gasteiger charge is 2.13. The highest BCUT2D eigenvalue weighted by Crippen LogP contribution is 2.27. The van der Waals surface area contributed by atoms with E-state index >= 15 is 0 Å². The number of aryl methyl sites for hydroxylation is 1. The van der Waals surface area contributed by atoms with Crippen LogP contribution in [0.25, 0.3) is 11.3 Å². The van der Waals surface area contributed by atoms with Crippen LogP contribution in [0, 0.1) is 0 Å². The molecule has 3 rings (SSSR count). The largest absolute Gasteiger partial charge is 0.302 e. The lowest BCUT2D eigenvalue weighted by molar-refractivity contribution is -0.116. The quantitative estimate of drug-likeness (QED) is 0.578. The lowest BCUT2D eigenvalue weighted by Crippen LogP contribution is -2.24. The van der Waals surface area contributed by atoms with Crippen LogP contribution in [0.4, 0.5) is 10.8 Å². The van der Waals surface area contributed by atoms with Crippen LogP contribution < -0.4 is 9.62 Å². The van der Waals surface area contributed by atoms with Crippen molar-refractivity contribution in [2.24, 2.45) is 0 Å². The number of hydrogen-bond acceptors (Lipinski definition) is 5. The zero-order valence-electron chi connectivity index (χ0n) is 15.9. The number of aromatic nitrogens is 1. The monoisotopic (exact) mass is 449 g/mol. The normalized spacial score (nSPS) is 11.3. The van der Waals surface area contributed by atoms with Gasteiger partial charge in [0.15, 0.2) is 5.13 Å². The maximum absolute atomic E-state index is 12.2. The number of carbonyl (C=O) groups is 1. The molecule has 29 heavy (non-hydrogen) atoms. The third-order valence-corrected chi connectivity index (χ3v) is 6.54. The van der Waals surface area contributed by atoms with Gasteiger partial charge in [-0.3, -0.25) is 9.10 Å². The lowest BCUT2D eigenvalue weighted by atomic mass is 10.1. The van der Waals surface area contributed by atoms with E-state index in [9.17, 15) is 13.2 Å². The highest BCUT2D eigenvalue weighted by atomic mass is 35.5. The molecule has 2 aromatic carbocycles. The molecular formula is C20H20ClN3O3S2. The number of halogens is 1. The number of carbonyl (C=O) groups excluding carboxylic acids is 1. The predicted molar refractivity (Wildman–Crippen MR) is 119 cm³/mol. The second kappa shape index (κ2) is 8.94. The summed E-state index contributed by atoms with van der Waals surface area (Å²) in [5.74, 6) is -0.106. The maximum atomic E-state index is 12.2. The molecule has 0 aliphatic heterocycles. The number of nitrogens with zero attached hydrogens (tertiary/aromatic N) is 2. The number of nitrogens with one attached hydrogen (secondary N) is 1. The van der Waals surface area contributed by atoms with Crippen LogP contribution in [-0.2, 0) is 21.2 Å². The topological polar surface area (TPSA) is 79.4 Å². The van der Waals surface area contributed by atoms with E-state index in [1.807, 2.05) is 17.5 Å². The maximum Gasteiger partial charge on any atom is 0.231 e. The van der Waals surface area contributed by atoms with Crippen molar-refractivity contribution in [1.29, 1.82) is 0 Å². The van der Waals surface area contributed by atoms with Crippen molar-refractivity contribution in [3.63, 3.8) is 0 Å². The molecule has 0 unspecified atom stereocenters. The van der Waals surface area contributed by atoms with Crippen LogP contribution in [-0.4, -0.2) is 32.6 Å². The first kappa shape index (κ1) is 21.3. The van der Waals surface area contributed by atoms with E-state index in [0.717, 1.165) is 23.1 Å². The summed E-state index contributed by atoms with van der Waals surface area (Å²) in [5, 5.41) is 5.87. The Bertz CT molecular complexity index is 1090. The molecule has 1 heterocycles. The van der Waals surface area contributed by atoms with Crippen molar-refractivity contribution >= 4 is 49.7 Å². The molecule has 1 aromatic heterocycles. The lowest BCUT2D eigenvalue weighted by Gasteiger charge is -2.16. The van der Waals surface area contributed by atoms with E-state index in [2.05, 4.69) is 10.3 Å². The van der Waals surface area contributed by atoms with Crippen molar-refractivity contribution < 1.29 is 13.2 Å². The molecule has 0 radical (unpaired) electrons. The Morgan fingerprint density at radius 3 is 2.41 bits per heavy atom. The summed E-state index contributed by atoms with van der Waals surface area (Å²) in [7, 11) is -1.80. The van der Waals surface area contributed by atoms with Crippen molar-refractivity contribution in [3.8, 4) is 11.3 Å². The summed E-state index contributed by atoms with van der Waals surface area (Å²) in [6, 6.07) is 14.5. The second-order valence-corrected chi connectivity index (χ2v) is 9.80. The summed E-state index contributed by atoms with van der Waals surface area (Å²) in [6.45, 7) is 0. The fourth-order valence-electron chi connectivity index (χ4n) is 2.59. The van der Waals surface area contributed by atoms with Gasteiger partial charge in [0, 0.05) is 29.4 Å². The first-order valence-electron chi connectivity index (χ1n) is 8.76. The van der Waals surface area contributed by atoms with Gasteiger partial charge in [0.2, 0.25) is 15.9 Å². The van der Waals surface area contributed by atoms with Crippen LogP contribution in [0.2, 0.25) is 5.02 Å². The van der Waals surface area contributed by atoms with E-state index in [0.29, 0.717) is 28.7 Å². The summed E-state index contributed by atoms with van der Waals surface area (Å²) in [6.07, 6.45) is 2.13. The molecule has 0 fully saturated rings. The molecule has 1 N–H and O–H groups in total. The van der Waals surface area contributed by atoms with Crippen LogP contribution >= 0.6 is 22.9 Å². The van der Waals surface area contributed by atoms with Crippen LogP contribution in [0.15, 0.2) is 53.9 Å². The fraction of sp³-hybridized carbons (Fsp3) is 0.200. The van der Waals surface area contributed by atoms with Gasteiger partial charge in [-0.15, -0.1) is 11.3 Å². The molecule has 0 saturated carbocycles. The summed E-state index contributed by atoms with van der Waals surface area (Å²) in [5.41, 5.74) is 3.18. The standard InChI is InChI=1S/C20H20ClN3O3S2/c1-24(29(2,26)27)17-10-6-15(7-11-17)18-13-28-20(22-18)23-19(25)12-5-14-3-8-16(21)9-4-14/h3-4,6-11,13H,5,12H2,1-2H3,(H,22,23,25). The van der Waals surface area contributed by atoms with Gasteiger partial charge < -0.3 is 5.32 Å². The molecule has 0 bridgehead atoms. The fourth-order valence-corrected chi connectivity index (χ4v) is 3.95. The van der Waals surface area contributed by atoms with E-state index in [1.54, 1.807) is 36.4 Å². The molecule has 3 aromatic rings. The minimum atomic E-state index is -3.30. The highest BCUT2D eigenvalue weighted by molar-refractivity contribution is 7.92. The molecule has 0 aliphatic rings. The average molecular weight is 450 g/mol. The SMILES string of the molecule is CN(c1ccc(-c2csc(NC(=O)CCc3ccc(Cl)cc3)n2)cc1)S(C)(=O)=O. The van der Waals surface area contributed by atoms with Gasteiger partial charge in [-0.2, -0.15) is 0 Å². The summed E-state index contributed by atoms with van der Waals surface area (Å²) < 4.78 is 24.5.